The van der Waals surface area contributed by atoms with Gasteiger partial charge in [0.15, 0.2) is 0 Å². The molecule has 0 spiro atoms. The molecule has 0 bridgehead atoms. The number of carbonyl (C=O) groups is 1. The van der Waals surface area contributed by atoms with E-state index in [1.165, 1.54) is 6.07 Å². The summed E-state index contributed by atoms with van der Waals surface area (Å²) in [7, 11) is 0. The number of aliphatic hydroxyl groups is 2. The van der Waals surface area contributed by atoms with E-state index in [0.29, 0.717) is 29.4 Å². The molecule has 3 N–H and O–H groups in total. The van der Waals surface area contributed by atoms with Crippen LogP contribution in [0.3, 0.4) is 0 Å². The van der Waals surface area contributed by atoms with E-state index in [4.69, 9.17) is 0 Å². The van der Waals surface area contributed by atoms with Crippen molar-refractivity contribution in [1.29, 1.82) is 0 Å². The third kappa shape index (κ3) is 3.19. The van der Waals surface area contributed by atoms with Gasteiger partial charge in [0, 0.05) is 35.5 Å². The number of pyridine rings is 1. The quantitative estimate of drug-likeness (QED) is 0.784. The number of nitrogens with one attached hydrogen (secondary N) is 1. The van der Waals surface area contributed by atoms with Crippen LogP contribution in [0.15, 0.2) is 35.1 Å². The summed E-state index contributed by atoms with van der Waals surface area (Å²) < 4.78 is 0. The molecule has 1 fully saturated rings. The molecule has 25 heavy (non-hydrogen) atoms. The zero-order valence-electron chi connectivity index (χ0n) is 14.4. The Morgan fingerprint density at radius 1 is 1.40 bits per heavy atom. The van der Waals surface area contributed by atoms with Crippen molar-refractivity contribution >= 4 is 16.8 Å². The van der Waals surface area contributed by atoms with Gasteiger partial charge in [-0.1, -0.05) is 31.5 Å². The Hall–Kier alpha value is -2.18. The summed E-state index contributed by atoms with van der Waals surface area (Å²) in [6, 6.07) is 8.50. The molecule has 1 aromatic carbocycles. The molecule has 134 valence electrons. The highest BCUT2D eigenvalue weighted by molar-refractivity contribution is 6.06. The monoisotopic (exact) mass is 344 g/mol. The lowest BCUT2D eigenvalue weighted by atomic mass is 9.73. The number of rotatable bonds is 4. The Morgan fingerprint density at radius 3 is 2.84 bits per heavy atom. The van der Waals surface area contributed by atoms with E-state index < -0.39 is 11.5 Å². The molecule has 0 unspecified atom stereocenters. The largest absolute Gasteiger partial charge is 0.396 e. The minimum Gasteiger partial charge on any atom is -0.396 e. The lowest BCUT2D eigenvalue weighted by molar-refractivity contribution is -0.0713. The van der Waals surface area contributed by atoms with Crippen LogP contribution >= 0.6 is 0 Å². The first-order chi connectivity index (χ1) is 12.0. The van der Waals surface area contributed by atoms with Gasteiger partial charge in [0.25, 0.3) is 5.91 Å². The van der Waals surface area contributed by atoms with Crippen LogP contribution in [-0.2, 0) is 0 Å². The topological polar surface area (TPSA) is 93.6 Å². The minimum absolute atomic E-state index is 0.0853. The van der Waals surface area contributed by atoms with Gasteiger partial charge < -0.3 is 20.1 Å². The van der Waals surface area contributed by atoms with E-state index in [2.05, 4.69) is 4.98 Å². The summed E-state index contributed by atoms with van der Waals surface area (Å²) in [4.78, 5) is 29.2. The van der Waals surface area contributed by atoms with Crippen molar-refractivity contribution in [3.63, 3.8) is 0 Å². The number of nitrogens with zero attached hydrogens (tertiary/aromatic N) is 1. The fourth-order valence-electron chi connectivity index (χ4n) is 3.81. The van der Waals surface area contributed by atoms with E-state index in [-0.39, 0.29) is 24.6 Å². The second-order valence-electron chi connectivity index (χ2n) is 6.88. The molecule has 1 aromatic heterocycles. The van der Waals surface area contributed by atoms with Crippen molar-refractivity contribution in [2.75, 3.05) is 19.7 Å². The molecular weight excluding hydrogens is 320 g/mol. The molecule has 0 radical (unpaired) electrons. The Kier molecular flexibility index (Phi) is 4.92. The first-order valence-electron chi connectivity index (χ1n) is 8.71. The lowest BCUT2D eigenvalue weighted by Gasteiger charge is -2.44. The third-order valence-corrected chi connectivity index (χ3v) is 5.31. The maximum absolute atomic E-state index is 13.0. The standard InChI is InChI=1S/C19H24N2O4/c1-2-7-19(12-22)8-9-21(11-16(19)23)18(25)14-10-17(24)20-15-6-4-3-5-13(14)15/h3-6,10,16,22-23H,2,7-9,11-12H2,1H3,(H,20,24)/t16-,19-/m1/s1. The number of H-pyrrole nitrogens is 1. The molecule has 1 amide bonds. The predicted molar refractivity (Wildman–Crippen MR) is 95.5 cm³/mol. The normalized spacial score (nSPS) is 23.8. The highest BCUT2D eigenvalue weighted by atomic mass is 16.3. The van der Waals surface area contributed by atoms with Gasteiger partial charge in [-0.25, -0.2) is 0 Å². The van der Waals surface area contributed by atoms with Crippen LogP contribution in [0.25, 0.3) is 10.9 Å². The number of amides is 1. The fraction of sp³-hybridized carbons (Fsp3) is 0.474. The van der Waals surface area contributed by atoms with Crippen LogP contribution in [0.4, 0.5) is 0 Å². The van der Waals surface area contributed by atoms with Crippen molar-refractivity contribution in [1.82, 2.24) is 9.88 Å². The van der Waals surface area contributed by atoms with Crippen LogP contribution in [0.1, 0.15) is 36.5 Å². The molecule has 3 rings (SSSR count). The zero-order valence-corrected chi connectivity index (χ0v) is 14.4. The van der Waals surface area contributed by atoms with Gasteiger partial charge in [0.05, 0.1) is 18.3 Å². The number of aromatic nitrogens is 1. The number of benzene rings is 1. The summed E-state index contributed by atoms with van der Waals surface area (Å²) in [5.74, 6) is -0.260. The Labute approximate surface area is 146 Å². The van der Waals surface area contributed by atoms with Gasteiger partial charge in [-0.05, 0) is 18.9 Å². The van der Waals surface area contributed by atoms with Crippen LogP contribution in [0.5, 0.6) is 0 Å². The minimum atomic E-state index is -0.775. The van der Waals surface area contributed by atoms with Crippen LogP contribution in [-0.4, -0.2) is 51.8 Å². The van der Waals surface area contributed by atoms with E-state index in [1.54, 1.807) is 23.1 Å². The Bertz CT molecular complexity index is 832. The summed E-state index contributed by atoms with van der Waals surface area (Å²) >= 11 is 0. The first-order valence-corrected chi connectivity index (χ1v) is 8.71. The number of aliphatic hydroxyl groups excluding tert-OH is 2. The van der Waals surface area contributed by atoms with Crippen LogP contribution in [0, 0.1) is 5.41 Å². The van der Waals surface area contributed by atoms with Gasteiger partial charge in [-0.2, -0.15) is 0 Å². The molecule has 1 aliphatic rings. The fourth-order valence-corrected chi connectivity index (χ4v) is 3.81. The molecule has 1 aliphatic heterocycles. The van der Waals surface area contributed by atoms with E-state index in [9.17, 15) is 19.8 Å². The number of carbonyl (C=O) groups excluding carboxylic acids is 1. The SMILES string of the molecule is CCC[C@]1(CO)CCN(C(=O)c2cc(=O)[nH]c3ccccc23)C[C@H]1O. The zero-order chi connectivity index (χ0) is 18.0. The molecule has 6 heteroatoms. The molecule has 2 aromatic rings. The lowest BCUT2D eigenvalue weighted by Crippen LogP contribution is -2.54. The van der Waals surface area contributed by atoms with E-state index >= 15 is 0 Å². The average molecular weight is 344 g/mol. The van der Waals surface area contributed by atoms with Crippen molar-refractivity contribution < 1.29 is 15.0 Å². The summed E-state index contributed by atoms with van der Waals surface area (Å²) in [5.41, 5.74) is 0.0994. The van der Waals surface area contributed by atoms with Gasteiger partial charge in [0.1, 0.15) is 0 Å². The summed E-state index contributed by atoms with van der Waals surface area (Å²) in [5, 5.41) is 21.0. The van der Waals surface area contributed by atoms with Gasteiger partial charge in [-0.3, -0.25) is 9.59 Å². The Balaban J connectivity index is 1.90. The highest BCUT2D eigenvalue weighted by Gasteiger charge is 2.42. The number of fused-ring (bicyclic) bond motifs is 1. The van der Waals surface area contributed by atoms with Crippen molar-refractivity contribution in [2.24, 2.45) is 5.41 Å². The summed E-state index contributed by atoms with van der Waals surface area (Å²) in [6.45, 7) is 2.56. The van der Waals surface area contributed by atoms with Crippen LogP contribution in [0.2, 0.25) is 0 Å². The second-order valence-corrected chi connectivity index (χ2v) is 6.88. The number of piperidine rings is 1. The second kappa shape index (κ2) is 6.98. The molecule has 2 atom stereocenters. The van der Waals surface area contributed by atoms with Gasteiger partial charge >= 0.3 is 0 Å². The number of β-amino-alcohol motifs (C(OH)–C–C–N with tert-alkyl or cyclic N) is 1. The van der Waals surface area contributed by atoms with Crippen molar-refractivity contribution in [2.45, 2.75) is 32.3 Å². The first kappa shape index (κ1) is 17.6. The average Bonchev–Trinajstić information content (AvgIpc) is 2.62. The summed E-state index contributed by atoms with van der Waals surface area (Å²) in [6.07, 6.45) is 1.36. The van der Waals surface area contributed by atoms with Gasteiger partial charge in [-0.15, -0.1) is 0 Å². The van der Waals surface area contributed by atoms with Crippen molar-refractivity contribution in [3.05, 3.63) is 46.2 Å². The van der Waals surface area contributed by atoms with Crippen molar-refractivity contribution in [3.8, 4) is 0 Å². The number of aromatic amines is 1. The molecule has 2 heterocycles. The maximum atomic E-state index is 13.0. The van der Waals surface area contributed by atoms with E-state index in [0.717, 1.165) is 12.8 Å². The maximum Gasteiger partial charge on any atom is 0.254 e. The third-order valence-electron chi connectivity index (χ3n) is 5.31. The molecule has 1 saturated heterocycles. The van der Waals surface area contributed by atoms with Gasteiger partial charge in [0.2, 0.25) is 5.56 Å². The number of hydrogen-bond acceptors (Lipinski definition) is 4. The molecule has 6 nitrogen and oxygen atoms in total. The van der Waals surface area contributed by atoms with Crippen LogP contribution < -0.4 is 5.56 Å². The highest BCUT2D eigenvalue weighted by Crippen LogP contribution is 2.36. The smallest absolute Gasteiger partial charge is 0.254 e. The Morgan fingerprint density at radius 2 is 2.16 bits per heavy atom. The molecule has 0 saturated carbocycles. The number of likely N-dealkylation sites (tertiary alicyclic amines) is 1. The molecule has 0 aliphatic carbocycles. The predicted octanol–water partition coefficient (Wildman–Crippen LogP) is 1.51. The number of hydrogen-bond donors (Lipinski definition) is 3. The number of para-hydroxylation sites is 1. The molecular formula is C19H24N2O4. The van der Waals surface area contributed by atoms with E-state index in [1.807, 2.05) is 13.0 Å².